The minimum absolute atomic E-state index is 0.0140. The van der Waals surface area contributed by atoms with E-state index >= 15 is 0 Å². The number of hydrogen-bond acceptors (Lipinski definition) is 6. The molecule has 0 unspecified atom stereocenters. The van der Waals surface area contributed by atoms with Crippen molar-refractivity contribution in [2.45, 2.75) is 11.8 Å². The van der Waals surface area contributed by atoms with Gasteiger partial charge in [-0.3, -0.25) is 0 Å². The number of hydrogen-bond donors (Lipinski definition) is 1. The van der Waals surface area contributed by atoms with E-state index in [1.807, 2.05) is 6.92 Å². The molecule has 0 spiro atoms. The van der Waals surface area contributed by atoms with Gasteiger partial charge in [-0.25, -0.2) is 13.2 Å². The second kappa shape index (κ2) is 8.34. The molecule has 0 bridgehead atoms. The summed E-state index contributed by atoms with van der Waals surface area (Å²) in [6.07, 6.45) is 1.13. The molecule has 0 atom stereocenters. The molecule has 2 aromatic rings. The predicted molar refractivity (Wildman–Crippen MR) is 95.0 cm³/mol. The molecule has 0 radical (unpaired) electrons. The van der Waals surface area contributed by atoms with E-state index in [0.29, 0.717) is 18.0 Å². The quantitative estimate of drug-likeness (QED) is 0.603. The molecule has 7 heteroatoms. The standard InChI is InChI=1S/C18H19NO5S/c1-3-24-15-11-9-14(10-12-15)19-13-17(18(20)23-2)25(21,22)16-7-5-4-6-8-16/h4-13,19H,3H2,1-2H3/b17-13-. The Labute approximate surface area is 147 Å². The van der Waals surface area contributed by atoms with Gasteiger partial charge in [0.25, 0.3) is 0 Å². The van der Waals surface area contributed by atoms with E-state index < -0.39 is 20.7 Å². The van der Waals surface area contributed by atoms with Crippen molar-refractivity contribution in [2.75, 3.05) is 19.0 Å². The Balaban J connectivity index is 2.31. The first-order valence-corrected chi connectivity index (χ1v) is 9.05. The van der Waals surface area contributed by atoms with E-state index in [1.165, 1.54) is 12.1 Å². The number of carbonyl (C=O) groups excluding carboxylic acids is 1. The van der Waals surface area contributed by atoms with Gasteiger partial charge in [-0.2, -0.15) is 0 Å². The number of methoxy groups -OCH3 is 1. The van der Waals surface area contributed by atoms with Gasteiger partial charge in [0.1, 0.15) is 5.75 Å². The van der Waals surface area contributed by atoms with Gasteiger partial charge in [0.2, 0.25) is 9.84 Å². The van der Waals surface area contributed by atoms with E-state index in [9.17, 15) is 13.2 Å². The zero-order valence-electron chi connectivity index (χ0n) is 13.9. The van der Waals surface area contributed by atoms with Crippen LogP contribution in [0.25, 0.3) is 0 Å². The Morgan fingerprint density at radius 3 is 2.28 bits per heavy atom. The van der Waals surface area contributed by atoms with Gasteiger partial charge >= 0.3 is 5.97 Å². The summed E-state index contributed by atoms with van der Waals surface area (Å²) in [5, 5.41) is 2.81. The number of anilines is 1. The second-order valence-electron chi connectivity index (χ2n) is 4.92. The average molecular weight is 361 g/mol. The van der Waals surface area contributed by atoms with Crippen LogP contribution in [0.1, 0.15) is 6.92 Å². The highest BCUT2D eigenvalue weighted by Gasteiger charge is 2.27. The van der Waals surface area contributed by atoms with Gasteiger partial charge in [0, 0.05) is 11.9 Å². The van der Waals surface area contributed by atoms with E-state index in [1.54, 1.807) is 42.5 Å². The van der Waals surface area contributed by atoms with Crippen molar-refractivity contribution in [3.8, 4) is 5.75 Å². The third-order valence-electron chi connectivity index (χ3n) is 3.26. The van der Waals surface area contributed by atoms with Crippen LogP contribution < -0.4 is 10.1 Å². The van der Waals surface area contributed by atoms with E-state index in [4.69, 9.17) is 4.74 Å². The first-order chi connectivity index (χ1) is 12.0. The number of ether oxygens (including phenoxy) is 2. The molecule has 0 saturated carbocycles. The van der Waals surface area contributed by atoms with E-state index in [0.717, 1.165) is 13.3 Å². The number of esters is 1. The molecular formula is C18H19NO5S. The molecule has 132 valence electrons. The molecule has 0 fully saturated rings. The summed E-state index contributed by atoms with van der Waals surface area (Å²) in [5.74, 6) is -0.246. The van der Waals surface area contributed by atoms with Crippen LogP contribution in [0.3, 0.4) is 0 Å². The topological polar surface area (TPSA) is 81.7 Å². The SMILES string of the molecule is CCOc1ccc(N/C=C(/C(=O)OC)S(=O)(=O)c2ccccc2)cc1. The summed E-state index contributed by atoms with van der Waals surface area (Å²) in [7, 11) is -2.87. The molecule has 6 nitrogen and oxygen atoms in total. The lowest BCUT2D eigenvalue weighted by molar-refractivity contribution is -0.135. The van der Waals surface area contributed by atoms with Gasteiger partial charge in [-0.05, 0) is 43.3 Å². The normalized spacial score (nSPS) is 11.7. The van der Waals surface area contributed by atoms with Gasteiger partial charge in [0.15, 0.2) is 4.91 Å². The Kier molecular flexibility index (Phi) is 6.19. The Bertz CT molecular complexity index is 843. The van der Waals surface area contributed by atoms with Crippen LogP contribution in [-0.4, -0.2) is 28.1 Å². The van der Waals surface area contributed by atoms with Crippen LogP contribution in [0.15, 0.2) is 70.6 Å². The molecule has 1 N–H and O–H groups in total. The largest absolute Gasteiger partial charge is 0.494 e. The molecule has 0 aliphatic carbocycles. The van der Waals surface area contributed by atoms with Crippen molar-refractivity contribution in [2.24, 2.45) is 0 Å². The lowest BCUT2D eigenvalue weighted by Gasteiger charge is -2.09. The summed E-state index contributed by atoms with van der Waals surface area (Å²) >= 11 is 0. The molecule has 0 aromatic heterocycles. The molecule has 2 rings (SSSR count). The first kappa shape index (κ1) is 18.5. The highest BCUT2D eigenvalue weighted by molar-refractivity contribution is 7.96. The summed E-state index contributed by atoms with van der Waals surface area (Å²) in [6.45, 7) is 2.43. The van der Waals surface area contributed by atoms with Crippen molar-refractivity contribution < 1.29 is 22.7 Å². The summed E-state index contributed by atoms with van der Waals surface area (Å²) in [5.41, 5.74) is 0.605. The first-order valence-electron chi connectivity index (χ1n) is 7.57. The lowest BCUT2D eigenvalue weighted by atomic mass is 10.3. The van der Waals surface area contributed by atoms with Crippen LogP contribution in [0.5, 0.6) is 5.75 Å². The Morgan fingerprint density at radius 2 is 1.72 bits per heavy atom. The number of benzene rings is 2. The predicted octanol–water partition coefficient (Wildman–Crippen LogP) is 2.99. The average Bonchev–Trinajstić information content (AvgIpc) is 2.63. The monoisotopic (exact) mass is 361 g/mol. The van der Waals surface area contributed by atoms with Crippen LogP contribution in [-0.2, 0) is 19.4 Å². The zero-order chi connectivity index (χ0) is 18.3. The zero-order valence-corrected chi connectivity index (χ0v) is 14.7. The molecule has 2 aromatic carbocycles. The summed E-state index contributed by atoms with van der Waals surface area (Å²) in [4.78, 5) is 11.5. The fourth-order valence-corrected chi connectivity index (χ4v) is 3.32. The maximum atomic E-state index is 12.7. The van der Waals surface area contributed by atoms with E-state index in [2.05, 4.69) is 10.1 Å². The van der Waals surface area contributed by atoms with Gasteiger partial charge < -0.3 is 14.8 Å². The van der Waals surface area contributed by atoms with Gasteiger partial charge in [-0.15, -0.1) is 0 Å². The number of nitrogens with one attached hydrogen (secondary N) is 1. The summed E-state index contributed by atoms with van der Waals surface area (Å²) < 4.78 is 35.3. The maximum Gasteiger partial charge on any atom is 0.351 e. The minimum atomic E-state index is -4.00. The van der Waals surface area contributed by atoms with Crippen molar-refractivity contribution in [1.29, 1.82) is 0 Å². The van der Waals surface area contributed by atoms with Crippen molar-refractivity contribution in [1.82, 2.24) is 0 Å². The van der Waals surface area contributed by atoms with E-state index in [-0.39, 0.29) is 4.90 Å². The van der Waals surface area contributed by atoms with Crippen LogP contribution in [0.4, 0.5) is 5.69 Å². The van der Waals surface area contributed by atoms with Crippen LogP contribution in [0, 0.1) is 0 Å². The lowest BCUT2D eigenvalue weighted by Crippen LogP contribution is -2.16. The van der Waals surface area contributed by atoms with Gasteiger partial charge in [0.05, 0.1) is 18.6 Å². The molecule has 0 saturated heterocycles. The number of rotatable bonds is 7. The van der Waals surface area contributed by atoms with Crippen molar-refractivity contribution in [3.05, 3.63) is 65.7 Å². The molecular weight excluding hydrogens is 342 g/mol. The number of sulfone groups is 1. The molecule has 0 heterocycles. The minimum Gasteiger partial charge on any atom is -0.494 e. The maximum absolute atomic E-state index is 12.7. The van der Waals surface area contributed by atoms with Crippen LogP contribution in [0.2, 0.25) is 0 Å². The molecule has 0 aliphatic heterocycles. The third-order valence-corrected chi connectivity index (χ3v) is 5.02. The number of carbonyl (C=O) groups is 1. The highest BCUT2D eigenvalue weighted by atomic mass is 32.2. The molecule has 0 aliphatic rings. The fraction of sp³-hybridized carbons (Fsp3) is 0.167. The molecule has 0 amide bonds. The molecule has 25 heavy (non-hydrogen) atoms. The summed E-state index contributed by atoms with van der Waals surface area (Å²) in [6, 6.07) is 14.6. The highest BCUT2D eigenvalue weighted by Crippen LogP contribution is 2.21. The smallest absolute Gasteiger partial charge is 0.351 e. The van der Waals surface area contributed by atoms with Crippen molar-refractivity contribution in [3.63, 3.8) is 0 Å². The second-order valence-corrected chi connectivity index (χ2v) is 6.84. The Morgan fingerprint density at radius 1 is 1.08 bits per heavy atom. The fourth-order valence-electron chi connectivity index (χ4n) is 2.04. The van der Waals surface area contributed by atoms with Gasteiger partial charge in [-0.1, -0.05) is 18.2 Å². The Hall–Kier alpha value is -2.80. The van der Waals surface area contributed by atoms with Crippen LogP contribution >= 0.6 is 0 Å². The third kappa shape index (κ3) is 4.60. The van der Waals surface area contributed by atoms with Crippen molar-refractivity contribution >= 4 is 21.5 Å².